The summed E-state index contributed by atoms with van der Waals surface area (Å²) in [4.78, 5) is 25.3. The molecule has 0 radical (unpaired) electrons. The van der Waals surface area contributed by atoms with Gasteiger partial charge in [0.1, 0.15) is 5.56 Å². The molecule has 2 aliphatic rings. The number of nitro benzene ring substituents is 1. The summed E-state index contributed by atoms with van der Waals surface area (Å²) in [6.45, 7) is 2.11. The maximum Gasteiger partial charge on any atom is 0.282 e. The molecule has 1 amide bonds. The van der Waals surface area contributed by atoms with Crippen molar-refractivity contribution in [3.05, 3.63) is 39.9 Å². The monoisotopic (exact) mass is 289 g/mol. The van der Waals surface area contributed by atoms with Crippen LogP contribution in [0.2, 0.25) is 0 Å². The van der Waals surface area contributed by atoms with Gasteiger partial charge >= 0.3 is 0 Å². The molecule has 2 aliphatic heterocycles. The second kappa shape index (κ2) is 5.81. The molecule has 1 aromatic carbocycles. The molecule has 2 saturated heterocycles. The summed E-state index contributed by atoms with van der Waals surface area (Å²) in [5.41, 5.74) is 0.0188. The van der Waals surface area contributed by atoms with Crippen LogP contribution in [-0.2, 0) is 0 Å². The lowest BCUT2D eigenvalue weighted by Crippen LogP contribution is -2.46. The molecule has 0 aliphatic carbocycles. The summed E-state index contributed by atoms with van der Waals surface area (Å²) in [5, 5.41) is 14.0. The number of hydrogen-bond acceptors (Lipinski definition) is 4. The highest BCUT2D eigenvalue weighted by Gasteiger charge is 2.36. The number of benzene rings is 1. The van der Waals surface area contributed by atoms with Crippen LogP contribution in [0.3, 0.4) is 0 Å². The molecule has 3 rings (SSSR count). The van der Waals surface area contributed by atoms with Crippen molar-refractivity contribution in [2.75, 3.05) is 13.1 Å². The largest absolute Gasteiger partial charge is 0.347 e. The molecule has 6 heteroatoms. The molecule has 2 heterocycles. The van der Waals surface area contributed by atoms with Crippen LogP contribution in [-0.4, -0.2) is 40.9 Å². The molecule has 0 unspecified atom stereocenters. The van der Waals surface area contributed by atoms with E-state index >= 15 is 0 Å². The quantitative estimate of drug-likeness (QED) is 0.681. The highest BCUT2D eigenvalue weighted by molar-refractivity contribution is 5.98. The van der Waals surface area contributed by atoms with Gasteiger partial charge in [-0.3, -0.25) is 19.8 Å². The number of hydrogen-bond donors (Lipinski definition) is 1. The minimum atomic E-state index is -0.503. The van der Waals surface area contributed by atoms with Crippen LogP contribution < -0.4 is 5.32 Å². The minimum absolute atomic E-state index is 0.109. The van der Waals surface area contributed by atoms with Gasteiger partial charge in [-0.2, -0.15) is 0 Å². The fraction of sp³-hybridized carbons (Fsp3) is 0.533. The first kappa shape index (κ1) is 14.0. The van der Waals surface area contributed by atoms with Crippen LogP contribution in [0.1, 0.15) is 36.0 Å². The smallest absolute Gasteiger partial charge is 0.282 e. The van der Waals surface area contributed by atoms with Gasteiger partial charge in [-0.15, -0.1) is 0 Å². The maximum atomic E-state index is 12.4. The Morgan fingerprint density at radius 1 is 1.24 bits per heavy atom. The Balaban J connectivity index is 1.73. The molecule has 0 spiro atoms. The molecular weight excluding hydrogens is 270 g/mol. The third-order valence-corrected chi connectivity index (χ3v) is 4.52. The van der Waals surface area contributed by atoms with Crippen molar-refractivity contribution in [2.24, 2.45) is 0 Å². The molecule has 0 bridgehead atoms. The Hall–Kier alpha value is -1.95. The summed E-state index contributed by atoms with van der Waals surface area (Å²) in [6, 6.07) is 6.62. The van der Waals surface area contributed by atoms with E-state index in [9.17, 15) is 14.9 Å². The molecule has 1 aromatic rings. The molecule has 21 heavy (non-hydrogen) atoms. The summed E-state index contributed by atoms with van der Waals surface area (Å²) in [6.07, 6.45) is 4.44. The number of fused-ring (bicyclic) bond motifs is 1. The van der Waals surface area contributed by atoms with Crippen molar-refractivity contribution in [1.82, 2.24) is 10.2 Å². The lowest BCUT2D eigenvalue weighted by atomic mass is 9.98. The van der Waals surface area contributed by atoms with Gasteiger partial charge in [-0.1, -0.05) is 18.6 Å². The molecule has 0 aromatic heterocycles. The van der Waals surface area contributed by atoms with Crippen molar-refractivity contribution >= 4 is 11.6 Å². The Morgan fingerprint density at radius 2 is 2.05 bits per heavy atom. The van der Waals surface area contributed by atoms with Gasteiger partial charge in [0, 0.05) is 24.7 Å². The van der Waals surface area contributed by atoms with Crippen LogP contribution >= 0.6 is 0 Å². The van der Waals surface area contributed by atoms with E-state index in [0.717, 1.165) is 25.9 Å². The zero-order valence-corrected chi connectivity index (χ0v) is 11.8. The molecule has 112 valence electrons. The highest BCUT2D eigenvalue weighted by atomic mass is 16.6. The normalized spacial score (nSPS) is 25.3. The first-order valence-electron chi connectivity index (χ1n) is 7.45. The zero-order valence-electron chi connectivity index (χ0n) is 11.8. The summed E-state index contributed by atoms with van der Waals surface area (Å²) in [7, 11) is 0. The van der Waals surface area contributed by atoms with E-state index in [1.165, 1.54) is 25.0 Å². The number of nitrogens with one attached hydrogen (secondary N) is 1. The van der Waals surface area contributed by atoms with E-state index in [0.29, 0.717) is 6.04 Å². The number of nitro groups is 1. The van der Waals surface area contributed by atoms with Crippen LogP contribution in [0.15, 0.2) is 24.3 Å². The van der Waals surface area contributed by atoms with Gasteiger partial charge < -0.3 is 5.32 Å². The van der Waals surface area contributed by atoms with Gasteiger partial charge in [0.25, 0.3) is 11.6 Å². The topological polar surface area (TPSA) is 75.5 Å². The van der Waals surface area contributed by atoms with E-state index in [-0.39, 0.29) is 23.2 Å². The lowest BCUT2D eigenvalue weighted by Gasteiger charge is -2.32. The van der Waals surface area contributed by atoms with Crippen molar-refractivity contribution in [3.8, 4) is 0 Å². The van der Waals surface area contributed by atoms with Gasteiger partial charge in [0.2, 0.25) is 0 Å². The second-order valence-corrected chi connectivity index (χ2v) is 5.74. The third kappa shape index (κ3) is 2.76. The Bertz CT molecular complexity index is 561. The van der Waals surface area contributed by atoms with Gasteiger partial charge in [0.05, 0.1) is 4.92 Å². The van der Waals surface area contributed by atoms with Crippen molar-refractivity contribution < 1.29 is 9.72 Å². The molecule has 6 nitrogen and oxygen atoms in total. The van der Waals surface area contributed by atoms with Crippen LogP contribution in [0.4, 0.5) is 5.69 Å². The standard InChI is InChI=1S/C15H19N3O3/c19-15(11-5-1-2-6-13(11)18(20)21)16-12-8-10-17-9-4-3-7-14(12)17/h1-2,5-6,12,14H,3-4,7-10H2,(H,16,19)/t12-,14-/m0/s1. The van der Waals surface area contributed by atoms with Crippen LogP contribution in [0, 0.1) is 10.1 Å². The predicted octanol–water partition coefficient (Wildman–Crippen LogP) is 1.95. The maximum absolute atomic E-state index is 12.4. The van der Waals surface area contributed by atoms with E-state index < -0.39 is 4.92 Å². The number of carbonyl (C=O) groups is 1. The molecule has 1 N–H and O–H groups in total. The fourth-order valence-corrected chi connectivity index (χ4v) is 3.49. The first-order chi connectivity index (χ1) is 10.2. The first-order valence-corrected chi connectivity index (χ1v) is 7.45. The van der Waals surface area contributed by atoms with Crippen LogP contribution in [0.5, 0.6) is 0 Å². The van der Waals surface area contributed by atoms with E-state index in [1.54, 1.807) is 12.1 Å². The van der Waals surface area contributed by atoms with E-state index in [4.69, 9.17) is 0 Å². The predicted molar refractivity (Wildman–Crippen MR) is 78.2 cm³/mol. The van der Waals surface area contributed by atoms with Gasteiger partial charge in [0.15, 0.2) is 0 Å². The Morgan fingerprint density at radius 3 is 2.86 bits per heavy atom. The SMILES string of the molecule is O=C(N[C@H]1CCN2CCCC[C@@H]12)c1ccccc1[N+](=O)[O-]. The molecule has 0 saturated carbocycles. The number of piperidine rings is 1. The van der Waals surface area contributed by atoms with E-state index in [1.807, 2.05) is 0 Å². The number of carbonyl (C=O) groups excluding carboxylic acids is 1. The number of amides is 1. The second-order valence-electron chi connectivity index (χ2n) is 5.74. The van der Waals surface area contributed by atoms with Crippen LogP contribution in [0.25, 0.3) is 0 Å². The highest BCUT2D eigenvalue weighted by Crippen LogP contribution is 2.27. The number of nitrogens with zero attached hydrogens (tertiary/aromatic N) is 2. The summed E-state index contributed by atoms with van der Waals surface area (Å²) < 4.78 is 0. The third-order valence-electron chi connectivity index (χ3n) is 4.52. The molecule has 2 atom stereocenters. The molecule has 2 fully saturated rings. The average molecular weight is 289 g/mol. The Labute approximate surface area is 123 Å². The van der Waals surface area contributed by atoms with Crippen molar-refractivity contribution in [1.29, 1.82) is 0 Å². The minimum Gasteiger partial charge on any atom is -0.347 e. The molecular formula is C15H19N3O3. The van der Waals surface area contributed by atoms with E-state index in [2.05, 4.69) is 10.2 Å². The lowest BCUT2D eigenvalue weighted by molar-refractivity contribution is -0.385. The Kier molecular flexibility index (Phi) is 3.88. The van der Waals surface area contributed by atoms with Crippen molar-refractivity contribution in [3.63, 3.8) is 0 Å². The fourth-order valence-electron chi connectivity index (χ4n) is 3.49. The van der Waals surface area contributed by atoms with Crippen molar-refractivity contribution in [2.45, 2.75) is 37.8 Å². The zero-order chi connectivity index (χ0) is 14.8. The number of rotatable bonds is 3. The number of para-hydroxylation sites is 1. The summed E-state index contributed by atoms with van der Waals surface area (Å²) in [5.74, 6) is -0.334. The van der Waals surface area contributed by atoms with Gasteiger partial charge in [-0.05, 0) is 31.9 Å². The van der Waals surface area contributed by atoms with Gasteiger partial charge in [-0.25, -0.2) is 0 Å². The summed E-state index contributed by atoms with van der Waals surface area (Å²) >= 11 is 0. The average Bonchev–Trinajstić information content (AvgIpc) is 2.90.